The summed E-state index contributed by atoms with van der Waals surface area (Å²) < 4.78 is 0. The van der Waals surface area contributed by atoms with E-state index in [1.165, 1.54) is 19.3 Å². The van der Waals surface area contributed by atoms with Gasteiger partial charge < -0.3 is 5.73 Å². The quantitative estimate of drug-likeness (QED) is 0.848. The molecule has 0 aromatic rings. The number of nitrogens with two attached hydrogens (primary N) is 1. The molecule has 0 spiro atoms. The van der Waals surface area contributed by atoms with Crippen LogP contribution in [0, 0.1) is 34.5 Å². The molecule has 4 rings (SSSR count). The third kappa shape index (κ3) is 2.11. The van der Waals surface area contributed by atoms with Gasteiger partial charge in [0.1, 0.15) is 11.6 Å². The molecule has 6 atom stereocenters. The minimum atomic E-state index is -0.0393. The Labute approximate surface area is 139 Å². The van der Waals surface area contributed by atoms with E-state index in [4.69, 9.17) is 5.73 Å². The van der Waals surface area contributed by atoms with E-state index >= 15 is 0 Å². The Balaban J connectivity index is 1.68. The van der Waals surface area contributed by atoms with E-state index in [1.807, 2.05) is 0 Å². The highest BCUT2D eigenvalue weighted by Gasteiger charge is 2.61. The van der Waals surface area contributed by atoms with Gasteiger partial charge in [-0.05, 0) is 80.6 Å². The first-order valence-electron chi connectivity index (χ1n) is 9.76. The molecule has 0 aromatic carbocycles. The Morgan fingerprint density at radius 3 is 2.65 bits per heavy atom. The summed E-state index contributed by atoms with van der Waals surface area (Å²) in [6.45, 7) is 2.99. The van der Waals surface area contributed by atoms with Gasteiger partial charge in [-0.25, -0.2) is 0 Å². The Kier molecular flexibility index (Phi) is 3.71. The smallest absolute Gasteiger partial charge is 0.139 e. The largest absolute Gasteiger partial charge is 0.330 e. The zero-order valence-corrected chi connectivity index (χ0v) is 14.5. The average Bonchev–Trinajstić information content (AvgIpc) is 2.84. The topological polar surface area (TPSA) is 60.2 Å². The molecule has 0 saturated heterocycles. The molecule has 4 saturated carbocycles. The third-order valence-electron chi connectivity index (χ3n) is 8.50. The van der Waals surface area contributed by atoms with Crippen LogP contribution in [0.1, 0.15) is 71.1 Å². The maximum atomic E-state index is 12.5. The standard InChI is InChI=1S/C20H31NO2/c1-19-8-7-17-15(16(19)4-5-18(19)23)3-2-13-12-14(22)6-9-20(13,17)10-11-21/h13,15-17H,2-12,21H2,1H3/t13-,15-,16-,17-,19-,20?/m0/s1. The highest BCUT2D eigenvalue weighted by molar-refractivity contribution is 5.87. The molecule has 0 amide bonds. The Hall–Kier alpha value is -0.700. The predicted octanol–water partition coefficient (Wildman–Crippen LogP) is 3.50. The van der Waals surface area contributed by atoms with Crippen LogP contribution in [0.5, 0.6) is 0 Å². The second-order valence-electron chi connectivity index (χ2n) is 9.08. The summed E-state index contributed by atoms with van der Waals surface area (Å²) in [6.07, 6.45) is 10.3. The van der Waals surface area contributed by atoms with Crippen molar-refractivity contribution in [3.05, 3.63) is 0 Å². The van der Waals surface area contributed by atoms with Gasteiger partial charge >= 0.3 is 0 Å². The Bertz CT molecular complexity index is 530. The summed E-state index contributed by atoms with van der Waals surface area (Å²) in [5.41, 5.74) is 6.30. The molecule has 3 nitrogen and oxygen atoms in total. The maximum Gasteiger partial charge on any atom is 0.139 e. The second kappa shape index (κ2) is 5.40. The summed E-state index contributed by atoms with van der Waals surface area (Å²) in [4.78, 5) is 24.5. The first kappa shape index (κ1) is 15.8. The molecule has 0 radical (unpaired) electrons. The number of ketones is 2. The van der Waals surface area contributed by atoms with Gasteiger partial charge in [0.2, 0.25) is 0 Å². The number of rotatable bonds is 2. The molecule has 2 N–H and O–H groups in total. The minimum absolute atomic E-state index is 0.0393. The summed E-state index contributed by atoms with van der Waals surface area (Å²) in [5, 5.41) is 0. The van der Waals surface area contributed by atoms with Crippen LogP contribution in [-0.2, 0) is 9.59 Å². The van der Waals surface area contributed by atoms with E-state index < -0.39 is 0 Å². The van der Waals surface area contributed by atoms with Crippen molar-refractivity contribution in [1.29, 1.82) is 0 Å². The molecule has 0 heterocycles. The van der Waals surface area contributed by atoms with E-state index in [1.54, 1.807) is 0 Å². The summed E-state index contributed by atoms with van der Waals surface area (Å²) in [7, 11) is 0. The fraction of sp³-hybridized carbons (Fsp3) is 0.900. The van der Waals surface area contributed by atoms with Crippen molar-refractivity contribution in [1.82, 2.24) is 0 Å². The maximum absolute atomic E-state index is 12.5. The number of hydrogen-bond acceptors (Lipinski definition) is 3. The number of carbonyl (C=O) groups excluding carboxylic acids is 2. The highest BCUT2D eigenvalue weighted by Crippen LogP contribution is 2.66. The number of Topliss-reactive ketones (excluding diaryl/α,β-unsaturated/α-hetero) is 2. The molecule has 128 valence electrons. The SMILES string of the molecule is C[C@]12CC[C@H]3[C@@H](CC[C@H]4CC(=O)CCC43CCN)[C@@H]1CCC2=O. The van der Waals surface area contributed by atoms with Crippen LogP contribution in [0.3, 0.4) is 0 Å². The zero-order valence-electron chi connectivity index (χ0n) is 14.5. The molecule has 0 bridgehead atoms. The lowest BCUT2D eigenvalue weighted by Gasteiger charge is -2.60. The van der Waals surface area contributed by atoms with Gasteiger partial charge in [-0.3, -0.25) is 9.59 Å². The van der Waals surface area contributed by atoms with Crippen molar-refractivity contribution in [3.63, 3.8) is 0 Å². The fourth-order valence-electron chi connectivity index (χ4n) is 7.39. The predicted molar refractivity (Wildman–Crippen MR) is 89.7 cm³/mol. The van der Waals surface area contributed by atoms with Gasteiger partial charge in [-0.2, -0.15) is 0 Å². The van der Waals surface area contributed by atoms with Crippen molar-refractivity contribution in [2.24, 2.45) is 40.2 Å². The molecular formula is C20H31NO2. The Morgan fingerprint density at radius 1 is 1.04 bits per heavy atom. The van der Waals surface area contributed by atoms with Gasteiger partial charge in [0.25, 0.3) is 0 Å². The van der Waals surface area contributed by atoms with Crippen molar-refractivity contribution < 1.29 is 9.59 Å². The lowest BCUT2D eigenvalue weighted by Crippen LogP contribution is -2.55. The first-order valence-corrected chi connectivity index (χ1v) is 9.76. The van der Waals surface area contributed by atoms with E-state index in [2.05, 4.69) is 6.92 Å². The molecule has 3 heteroatoms. The average molecular weight is 317 g/mol. The monoisotopic (exact) mass is 317 g/mol. The van der Waals surface area contributed by atoms with Crippen LogP contribution < -0.4 is 5.73 Å². The summed E-state index contributed by atoms with van der Waals surface area (Å²) in [5.74, 6) is 3.57. The van der Waals surface area contributed by atoms with Crippen molar-refractivity contribution >= 4 is 11.6 Å². The fourth-order valence-corrected chi connectivity index (χ4v) is 7.39. The van der Waals surface area contributed by atoms with Gasteiger partial charge in [-0.15, -0.1) is 0 Å². The lowest BCUT2D eigenvalue weighted by atomic mass is 9.44. The van der Waals surface area contributed by atoms with Gasteiger partial charge in [-0.1, -0.05) is 6.92 Å². The van der Waals surface area contributed by atoms with E-state index in [0.717, 1.165) is 51.5 Å². The van der Waals surface area contributed by atoms with Crippen molar-refractivity contribution in [2.75, 3.05) is 6.54 Å². The second-order valence-corrected chi connectivity index (χ2v) is 9.08. The zero-order chi connectivity index (χ0) is 16.2. The van der Waals surface area contributed by atoms with Gasteiger partial charge in [0, 0.05) is 24.7 Å². The van der Waals surface area contributed by atoms with Crippen LogP contribution >= 0.6 is 0 Å². The van der Waals surface area contributed by atoms with E-state index in [9.17, 15) is 9.59 Å². The number of carbonyl (C=O) groups is 2. The third-order valence-corrected chi connectivity index (χ3v) is 8.50. The lowest BCUT2D eigenvalue weighted by molar-refractivity contribution is -0.147. The van der Waals surface area contributed by atoms with Crippen molar-refractivity contribution in [2.45, 2.75) is 71.1 Å². The molecule has 4 aliphatic carbocycles. The van der Waals surface area contributed by atoms with Crippen LogP contribution in [0.4, 0.5) is 0 Å². The minimum Gasteiger partial charge on any atom is -0.330 e. The Morgan fingerprint density at radius 2 is 1.87 bits per heavy atom. The molecule has 0 aromatic heterocycles. The van der Waals surface area contributed by atoms with Crippen molar-refractivity contribution in [3.8, 4) is 0 Å². The highest BCUT2D eigenvalue weighted by atomic mass is 16.1. The molecule has 1 unspecified atom stereocenters. The summed E-state index contributed by atoms with van der Waals surface area (Å²) in [6, 6.07) is 0. The van der Waals surface area contributed by atoms with E-state index in [0.29, 0.717) is 40.7 Å². The normalized spacial score (nSPS) is 49.5. The molecule has 4 aliphatic rings. The molecule has 0 aliphatic heterocycles. The van der Waals surface area contributed by atoms with Gasteiger partial charge in [0.05, 0.1) is 0 Å². The molecular weight excluding hydrogens is 286 g/mol. The van der Waals surface area contributed by atoms with Crippen LogP contribution in [0.15, 0.2) is 0 Å². The number of hydrogen-bond donors (Lipinski definition) is 1. The van der Waals surface area contributed by atoms with Crippen LogP contribution in [0.25, 0.3) is 0 Å². The molecule has 23 heavy (non-hydrogen) atoms. The first-order chi connectivity index (χ1) is 11.0. The summed E-state index contributed by atoms with van der Waals surface area (Å²) >= 11 is 0. The van der Waals surface area contributed by atoms with E-state index in [-0.39, 0.29) is 5.41 Å². The number of fused-ring (bicyclic) bond motifs is 5. The van der Waals surface area contributed by atoms with Crippen LogP contribution in [0.2, 0.25) is 0 Å². The van der Waals surface area contributed by atoms with Gasteiger partial charge in [0.15, 0.2) is 0 Å². The van der Waals surface area contributed by atoms with Crippen LogP contribution in [-0.4, -0.2) is 18.1 Å². The molecule has 4 fully saturated rings.